The first-order chi connectivity index (χ1) is 16.8. The minimum Gasteiger partial charge on any atom is -0.370 e. The van der Waals surface area contributed by atoms with Gasteiger partial charge in [0.25, 0.3) is 0 Å². The van der Waals surface area contributed by atoms with Crippen molar-refractivity contribution in [1.29, 1.82) is 0 Å². The van der Waals surface area contributed by atoms with E-state index in [2.05, 4.69) is 15.4 Å². The van der Waals surface area contributed by atoms with Crippen molar-refractivity contribution >= 4 is 58.0 Å². The van der Waals surface area contributed by atoms with Gasteiger partial charge >= 0.3 is 0 Å². The minimum atomic E-state index is -3.59. The maximum Gasteiger partial charge on any atom is 0.243 e. The summed E-state index contributed by atoms with van der Waals surface area (Å²) in [4.78, 5) is 4.91. The molecule has 4 aromatic rings. The van der Waals surface area contributed by atoms with Crippen LogP contribution in [0, 0.1) is 5.92 Å². The zero-order valence-corrected chi connectivity index (χ0v) is 21.1. The lowest BCUT2D eigenvalue weighted by Gasteiger charge is -2.32. The van der Waals surface area contributed by atoms with Crippen LogP contribution in [0.4, 0.5) is 5.82 Å². The van der Waals surface area contributed by atoms with Gasteiger partial charge < -0.3 is 5.32 Å². The number of hydrogen-bond acceptors (Lipinski definition) is 5. The average Bonchev–Trinajstić information content (AvgIpc) is 3.24. The Hall–Kier alpha value is -2.59. The van der Waals surface area contributed by atoms with Gasteiger partial charge in [0.1, 0.15) is 13.7 Å². The number of sulfonamides is 1. The first kappa shape index (κ1) is 24.1. The Morgan fingerprint density at radius 3 is 2.66 bits per heavy atom. The van der Waals surface area contributed by atoms with Crippen LogP contribution in [0.15, 0.2) is 65.7 Å². The zero-order chi connectivity index (χ0) is 24.6. The summed E-state index contributed by atoms with van der Waals surface area (Å²) in [6.45, 7) is 1.48. The minimum absolute atomic E-state index is 0.116. The fourth-order valence-corrected chi connectivity index (χ4v) is 6.24. The van der Waals surface area contributed by atoms with E-state index in [0.29, 0.717) is 52.3 Å². The van der Waals surface area contributed by atoms with E-state index >= 15 is 0 Å². The van der Waals surface area contributed by atoms with Crippen molar-refractivity contribution in [1.82, 2.24) is 18.9 Å². The van der Waals surface area contributed by atoms with Crippen LogP contribution in [0.3, 0.4) is 0 Å². The highest BCUT2D eigenvalue weighted by molar-refractivity contribution is 7.89. The predicted molar refractivity (Wildman–Crippen MR) is 140 cm³/mol. The van der Waals surface area contributed by atoms with Gasteiger partial charge in [0, 0.05) is 47.5 Å². The van der Waals surface area contributed by atoms with Gasteiger partial charge in [-0.15, -0.1) is 0 Å². The molecule has 3 heterocycles. The van der Waals surface area contributed by atoms with Gasteiger partial charge in [-0.25, -0.2) is 13.4 Å². The van der Waals surface area contributed by atoms with Gasteiger partial charge in [-0.3, -0.25) is 0 Å². The van der Waals surface area contributed by atoms with E-state index in [1.54, 1.807) is 39.3 Å². The van der Waals surface area contributed by atoms with Crippen molar-refractivity contribution < 1.29 is 8.42 Å². The molecule has 1 atom stereocenters. The molecule has 2 radical (unpaired) electrons. The molecule has 0 spiro atoms. The number of piperidine rings is 1. The summed E-state index contributed by atoms with van der Waals surface area (Å²) in [5, 5.41) is 8.89. The molecule has 7 nitrogen and oxygen atoms in total. The summed E-state index contributed by atoms with van der Waals surface area (Å²) in [5.74, 6) is 0.824. The highest BCUT2D eigenvalue weighted by Gasteiger charge is 2.30. The highest BCUT2D eigenvalue weighted by Crippen LogP contribution is 2.29. The molecule has 1 unspecified atom stereocenters. The number of nitrogens with zero attached hydrogens (tertiary/aromatic N) is 4. The highest BCUT2D eigenvalue weighted by atomic mass is 35.5. The van der Waals surface area contributed by atoms with Crippen molar-refractivity contribution in [3.63, 3.8) is 0 Å². The Morgan fingerprint density at radius 2 is 1.89 bits per heavy atom. The summed E-state index contributed by atoms with van der Waals surface area (Å²) in [6, 6.07) is 15.6. The number of rotatable bonds is 6. The van der Waals surface area contributed by atoms with E-state index < -0.39 is 10.0 Å². The Morgan fingerprint density at radius 1 is 1.11 bits per heavy atom. The molecular formula is C24H22BCl2N5O2S. The number of nitrogens with one attached hydrogen (secondary N) is 1. The van der Waals surface area contributed by atoms with Crippen molar-refractivity contribution in [2.24, 2.45) is 5.92 Å². The maximum atomic E-state index is 13.1. The monoisotopic (exact) mass is 525 g/mol. The lowest BCUT2D eigenvalue weighted by atomic mass is 9.99. The van der Waals surface area contributed by atoms with Crippen molar-refractivity contribution in [2.45, 2.75) is 17.7 Å². The van der Waals surface area contributed by atoms with Gasteiger partial charge in [0.2, 0.25) is 10.0 Å². The van der Waals surface area contributed by atoms with Gasteiger partial charge in [0.05, 0.1) is 10.6 Å². The topological polar surface area (TPSA) is 79.6 Å². The molecular weight excluding hydrogens is 504 g/mol. The molecule has 0 amide bonds. The molecule has 1 aliphatic rings. The molecule has 11 heteroatoms. The van der Waals surface area contributed by atoms with Crippen molar-refractivity contribution in [3.05, 3.63) is 70.8 Å². The fraction of sp³-hybridized carbons (Fsp3) is 0.250. The smallest absolute Gasteiger partial charge is 0.243 e. The summed E-state index contributed by atoms with van der Waals surface area (Å²) in [5.41, 5.74) is 2.45. The van der Waals surface area contributed by atoms with E-state index in [9.17, 15) is 8.42 Å². The molecule has 2 aromatic heterocycles. The number of fused-ring (bicyclic) bond motifs is 1. The number of aromatic nitrogens is 3. The molecule has 1 saturated heterocycles. The van der Waals surface area contributed by atoms with Crippen molar-refractivity contribution in [2.75, 3.05) is 25.0 Å². The summed E-state index contributed by atoms with van der Waals surface area (Å²) in [6.07, 6.45) is 3.25. The molecule has 0 bridgehead atoms. The normalized spacial score (nSPS) is 17.0. The third-order valence-electron chi connectivity index (χ3n) is 6.15. The number of anilines is 1. The standard InChI is InChI=1S/C24H22BCl2N5O2S/c25-20-14-29-32-23(12-22(30-24(20)32)19-5-1-2-6-21(19)27)28-13-16-4-3-11-31(15-16)35(33,34)18-9-7-17(26)8-10-18/h1-2,5-10,12,14,16,28H,3-4,11,13,15H2. The molecule has 1 aliphatic heterocycles. The maximum absolute atomic E-state index is 13.1. The van der Waals surface area contributed by atoms with E-state index in [1.165, 1.54) is 0 Å². The number of benzene rings is 2. The lowest BCUT2D eigenvalue weighted by Crippen LogP contribution is -2.41. The van der Waals surface area contributed by atoms with Crippen LogP contribution in [0.5, 0.6) is 0 Å². The Balaban J connectivity index is 1.37. The molecule has 5 rings (SSSR count). The molecule has 2 aromatic carbocycles. The molecule has 1 N–H and O–H groups in total. The second kappa shape index (κ2) is 9.81. The third-order valence-corrected chi connectivity index (χ3v) is 8.61. The third kappa shape index (κ3) is 4.91. The number of hydrogen-bond donors (Lipinski definition) is 1. The fourth-order valence-electron chi connectivity index (χ4n) is 4.33. The second-order valence-electron chi connectivity index (χ2n) is 8.55. The first-order valence-electron chi connectivity index (χ1n) is 11.2. The Bertz CT molecular complexity index is 1480. The molecule has 35 heavy (non-hydrogen) atoms. The number of halogens is 2. The van der Waals surface area contributed by atoms with E-state index in [4.69, 9.17) is 31.0 Å². The molecule has 178 valence electrons. The Labute approximate surface area is 215 Å². The average molecular weight is 526 g/mol. The quantitative estimate of drug-likeness (QED) is 0.385. The second-order valence-corrected chi connectivity index (χ2v) is 11.3. The van der Waals surface area contributed by atoms with Crippen LogP contribution in [-0.2, 0) is 10.0 Å². The van der Waals surface area contributed by atoms with Crippen LogP contribution in [0.1, 0.15) is 12.8 Å². The Kier molecular flexibility index (Phi) is 6.76. The summed E-state index contributed by atoms with van der Waals surface area (Å²) >= 11 is 12.3. The largest absolute Gasteiger partial charge is 0.370 e. The van der Waals surface area contributed by atoms with Crippen LogP contribution in [-0.4, -0.2) is 54.8 Å². The van der Waals surface area contributed by atoms with Crippen LogP contribution >= 0.6 is 23.2 Å². The van der Waals surface area contributed by atoms with E-state index in [1.807, 2.05) is 30.3 Å². The first-order valence-corrected chi connectivity index (χ1v) is 13.4. The van der Waals surface area contributed by atoms with Crippen LogP contribution < -0.4 is 10.8 Å². The molecule has 0 aliphatic carbocycles. The lowest BCUT2D eigenvalue weighted by molar-refractivity contribution is 0.275. The zero-order valence-electron chi connectivity index (χ0n) is 18.7. The summed E-state index contributed by atoms with van der Waals surface area (Å²) in [7, 11) is 2.53. The van der Waals surface area contributed by atoms with Gasteiger partial charge in [-0.05, 0) is 54.6 Å². The molecule has 1 fully saturated rings. The predicted octanol–water partition coefficient (Wildman–Crippen LogP) is 4.01. The van der Waals surface area contributed by atoms with E-state index in [-0.39, 0.29) is 10.8 Å². The van der Waals surface area contributed by atoms with Gasteiger partial charge in [0.15, 0.2) is 5.65 Å². The van der Waals surface area contributed by atoms with Gasteiger partial charge in [-0.2, -0.15) is 13.9 Å². The molecule has 0 saturated carbocycles. The SMILES string of the molecule is [B]c1cnn2c(NCC3CCCN(S(=O)(=O)c4ccc(Cl)cc4)C3)cc(-c3ccccc3Cl)nc12. The van der Waals surface area contributed by atoms with Crippen LogP contribution in [0.2, 0.25) is 10.0 Å². The van der Waals surface area contributed by atoms with E-state index in [0.717, 1.165) is 18.4 Å². The van der Waals surface area contributed by atoms with Gasteiger partial charge in [-0.1, -0.05) is 41.4 Å². The van der Waals surface area contributed by atoms with Crippen molar-refractivity contribution in [3.8, 4) is 11.3 Å². The van der Waals surface area contributed by atoms with Crippen LogP contribution in [0.25, 0.3) is 16.9 Å². The summed E-state index contributed by atoms with van der Waals surface area (Å²) < 4.78 is 29.5.